The lowest BCUT2D eigenvalue weighted by atomic mass is 10.2. The van der Waals surface area contributed by atoms with Crippen LogP contribution < -0.4 is 10.2 Å². The summed E-state index contributed by atoms with van der Waals surface area (Å²) in [6.45, 7) is 4.18. The molecule has 2 aromatic rings. The summed E-state index contributed by atoms with van der Waals surface area (Å²) in [5, 5.41) is 10.8. The topological polar surface area (TPSA) is 107 Å². The summed E-state index contributed by atoms with van der Waals surface area (Å²) < 4.78 is 12.1. The molecule has 2 atom stereocenters. The van der Waals surface area contributed by atoms with Crippen molar-refractivity contribution in [2.45, 2.75) is 32.0 Å². The zero-order chi connectivity index (χ0) is 19.2. The fraction of sp³-hybridized carbons (Fsp3) is 0.588. The lowest BCUT2D eigenvalue weighted by Gasteiger charge is -2.25. The maximum atomic E-state index is 12.4. The third kappa shape index (κ3) is 4.77. The van der Waals surface area contributed by atoms with Crippen molar-refractivity contribution in [2.24, 2.45) is 0 Å². The van der Waals surface area contributed by atoms with Crippen molar-refractivity contribution >= 4 is 11.7 Å². The molecule has 1 fully saturated rings. The highest BCUT2D eigenvalue weighted by molar-refractivity contribution is 5.91. The van der Waals surface area contributed by atoms with Gasteiger partial charge in [0.2, 0.25) is 0 Å². The van der Waals surface area contributed by atoms with E-state index in [4.69, 9.17) is 9.47 Å². The highest BCUT2D eigenvalue weighted by Gasteiger charge is 2.33. The van der Waals surface area contributed by atoms with Crippen LogP contribution in [-0.2, 0) is 16.0 Å². The van der Waals surface area contributed by atoms with E-state index in [1.165, 1.54) is 0 Å². The Labute approximate surface area is 157 Å². The lowest BCUT2D eigenvalue weighted by molar-refractivity contribution is 0.0941. The van der Waals surface area contributed by atoms with Gasteiger partial charge in [-0.3, -0.25) is 4.79 Å². The first kappa shape index (κ1) is 19.2. The molecule has 0 unspecified atom stereocenters. The molecule has 10 heteroatoms. The quantitative estimate of drug-likeness (QED) is 0.689. The standard InChI is InChI=1S/C17H25N7O3/c1-12-6-16(20-11-19-12)24-9-14(27-3)7-13(24)8-18-17(25)15-10-23(22-21-15)4-5-26-2/h6,10-11,13-14H,4-5,7-9H2,1-3H3,(H,18,25)/t13-,14-/m0/s1. The van der Waals surface area contributed by atoms with Gasteiger partial charge in [-0.2, -0.15) is 0 Å². The van der Waals surface area contributed by atoms with Crippen molar-refractivity contribution in [2.75, 3.05) is 38.8 Å². The molecule has 2 aromatic heterocycles. The van der Waals surface area contributed by atoms with Crippen molar-refractivity contribution in [1.82, 2.24) is 30.3 Å². The first-order valence-electron chi connectivity index (χ1n) is 8.86. The monoisotopic (exact) mass is 375 g/mol. The van der Waals surface area contributed by atoms with Crippen LogP contribution >= 0.6 is 0 Å². The van der Waals surface area contributed by atoms with E-state index in [1.807, 2.05) is 13.0 Å². The van der Waals surface area contributed by atoms with Gasteiger partial charge in [0, 0.05) is 39.1 Å². The number of aryl methyl sites for hydroxylation is 1. The van der Waals surface area contributed by atoms with Crippen LogP contribution in [0.5, 0.6) is 0 Å². The summed E-state index contributed by atoms with van der Waals surface area (Å²) in [5.41, 5.74) is 1.19. The van der Waals surface area contributed by atoms with E-state index in [9.17, 15) is 4.79 Å². The number of ether oxygens (including phenoxy) is 2. The van der Waals surface area contributed by atoms with E-state index in [1.54, 1.807) is 31.4 Å². The van der Waals surface area contributed by atoms with E-state index in [0.717, 1.165) is 24.5 Å². The molecule has 0 bridgehead atoms. The molecule has 3 rings (SSSR count). The van der Waals surface area contributed by atoms with Crippen LogP contribution in [0.2, 0.25) is 0 Å². The molecule has 0 radical (unpaired) electrons. The molecule has 10 nitrogen and oxygen atoms in total. The summed E-state index contributed by atoms with van der Waals surface area (Å²) in [6.07, 6.45) is 4.07. The van der Waals surface area contributed by atoms with Crippen LogP contribution in [-0.4, -0.2) is 76.9 Å². The number of nitrogens with one attached hydrogen (secondary N) is 1. The smallest absolute Gasteiger partial charge is 0.273 e. The Bertz CT molecular complexity index is 766. The highest BCUT2D eigenvalue weighted by atomic mass is 16.5. The van der Waals surface area contributed by atoms with Gasteiger partial charge >= 0.3 is 0 Å². The first-order chi connectivity index (χ1) is 13.1. The average molecular weight is 375 g/mol. The largest absolute Gasteiger partial charge is 0.383 e. The Morgan fingerprint density at radius 2 is 2.22 bits per heavy atom. The molecule has 1 aliphatic heterocycles. The summed E-state index contributed by atoms with van der Waals surface area (Å²) in [5.74, 6) is 0.588. The number of rotatable bonds is 8. The van der Waals surface area contributed by atoms with Gasteiger partial charge in [-0.1, -0.05) is 5.21 Å². The number of carbonyl (C=O) groups excluding carboxylic acids is 1. The minimum absolute atomic E-state index is 0.0803. The second kappa shape index (κ2) is 8.87. The van der Waals surface area contributed by atoms with E-state index in [0.29, 0.717) is 19.7 Å². The minimum atomic E-state index is -0.252. The van der Waals surface area contributed by atoms with Gasteiger partial charge in [-0.05, 0) is 13.3 Å². The summed E-state index contributed by atoms with van der Waals surface area (Å²) in [7, 11) is 3.32. The van der Waals surface area contributed by atoms with E-state index in [2.05, 4.69) is 30.5 Å². The zero-order valence-electron chi connectivity index (χ0n) is 15.8. The third-order valence-electron chi connectivity index (χ3n) is 4.59. The number of hydrogen-bond donors (Lipinski definition) is 1. The Hall–Kier alpha value is -2.59. The fourth-order valence-electron chi connectivity index (χ4n) is 3.11. The molecular weight excluding hydrogens is 350 g/mol. The third-order valence-corrected chi connectivity index (χ3v) is 4.59. The fourth-order valence-corrected chi connectivity index (χ4v) is 3.11. The predicted molar refractivity (Wildman–Crippen MR) is 97.5 cm³/mol. The Morgan fingerprint density at radius 1 is 1.37 bits per heavy atom. The Balaban J connectivity index is 1.62. The molecule has 1 aliphatic rings. The van der Waals surface area contributed by atoms with Gasteiger partial charge in [0.05, 0.1) is 31.5 Å². The summed E-state index contributed by atoms with van der Waals surface area (Å²) in [4.78, 5) is 23.1. The van der Waals surface area contributed by atoms with Crippen LogP contribution in [0, 0.1) is 6.92 Å². The van der Waals surface area contributed by atoms with Crippen LogP contribution in [0.15, 0.2) is 18.6 Å². The number of aromatic nitrogens is 5. The highest BCUT2D eigenvalue weighted by Crippen LogP contribution is 2.25. The number of methoxy groups -OCH3 is 2. The molecule has 1 amide bonds. The number of carbonyl (C=O) groups is 1. The average Bonchev–Trinajstić information content (AvgIpc) is 3.31. The van der Waals surface area contributed by atoms with Crippen molar-refractivity contribution in [3.63, 3.8) is 0 Å². The van der Waals surface area contributed by atoms with Crippen LogP contribution in [0.1, 0.15) is 22.6 Å². The van der Waals surface area contributed by atoms with Gasteiger partial charge in [-0.25, -0.2) is 14.6 Å². The van der Waals surface area contributed by atoms with Crippen molar-refractivity contribution in [3.05, 3.63) is 30.0 Å². The van der Waals surface area contributed by atoms with E-state index < -0.39 is 0 Å². The second-order valence-corrected chi connectivity index (χ2v) is 6.49. The van der Waals surface area contributed by atoms with Gasteiger partial charge in [-0.15, -0.1) is 5.10 Å². The Morgan fingerprint density at radius 3 is 2.96 bits per heavy atom. The normalized spacial score (nSPS) is 19.4. The zero-order valence-corrected chi connectivity index (χ0v) is 15.8. The summed E-state index contributed by atoms with van der Waals surface area (Å²) >= 11 is 0. The van der Waals surface area contributed by atoms with Crippen molar-refractivity contribution in [3.8, 4) is 0 Å². The van der Waals surface area contributed by atoms with Gasteiger partial charge in [0.25, 0.3) is 5.91 Å². The lowest BCUT2D eigenvalue weighted by Crippen LogP contribution is -2.40. The van der Waals surface area contributed by atoms with Crippen LogP contribution in [0.3, 0.4) is 0 Å². The molecule has 0 aliphatic carbocycles. The van der Waals surface area contributed by atoms with Crippen molar-refractivity contribution < 1.29 is 14.3 Å². The first-order valence-corrected chi connectivity index (χ1v) is 8.86. The second-order valence-electron chi connectivity index (χ2n) is 6.49. The van der Waals surface area contributed by atoms with Gasteiger partial charge in [0.1, 0.15) is 12.1 Å². The molecule has 0 spiro atoms. The molecule has 146 valence electrons. The number of hydrogen-bond acceptors (Lipinski definition) is 8. The molecule has 27 heavy (non-hydrogen) atoms. The molecule has 3 heterocycles. The molecule has 1 N–H and O–H groups in total. The minimum Gasteiger partial charge on any atom is -0.383 e. The molecule has 1 saturated heterocycles. The Kier molecular flexibility index (Phi) is 6.30. The number of nitrogens with zero attached hydrogens (tertiary/aromatic N) is 6. The summed E-state index contributed by atoms with van der Waals surface area (Å²) in [6, 6.07) is 2.02. The van der Waals surface area contributed by atoms with Crippen molar-refractivity contribution in [1.29, 1.82) is 0 Å². The SMILES string of the molecule is COCCn1cc(C(=O)NC[C@@H]2C[C@H](OC)CN2c2cc(C)ncn2)nn1. The molecule has 0 saturated carbocycles. The van der Waals surface area contributed by atoms with Gasteiger partial charge < -0.3 is 19.7 Å². The van der Waals surface area contributed by atoms with Crippen LogP contribution in [0.4, 0.5) is 5.82 Å². The molecular formula is C17H25N7O3. The number of anilines is 1. The number of amides is 1. The maximum absolute atomic E-state index is 12.4. The molecule has 0 aromatic carbocycles. The predicted octanol–water partition coefficient (Wildman–Crippen LogP) is 0.0466. The maximum Gasteiger partial charge on any atom is 0.273 e. The van der Waals surface area contributed by atoms with E-state index >= 15 is 0 Å². The van der Waals surface area contributed by atoms with Crippen LogP contribution in [0.25, 0.3) is 0 Å². The van der Waals surface area contributed by atoms with Gasteiger partial charge in [0.15, 0.2) is 5.69 Å². The van der Waals surface area contributed by atoms with E-state index in [-0.39, 0.29) is 23.7 Å².